The summed E-state index contributed by atoms with van der Waals surface area (Å²) in [7, 11) is 1.68. The van der Waals surface area contributed by atoms with Crippen molar-refractivity contribution in [2.24, 2.45) is 40.6 Å². The Morgan fingerprint density at radius 2 is 1.64 bits per heavy atom. The van der Waals surface area contributed by atoms with Crippen molar-refractivity contribution in [3.8, 4) is 5.75 Å². The van der Waals surface area contributed by atoms with E-state index in [-0.39, 0.29) is 67.3 Å². The van der Waals surface area contributed by atoms with Crippen LogP contribution in [0.4, 0.5) is 0 Å². The highest BCUT2D eigenvalue weighted by molar-refractivity contribution is 5.97. The van der Waals surface area contributed by atoms with Gasteiger partial charge in [-0.15, -0.1) is 24.8 Å². The summed E-state index contributed by atoms with van der Waals surface area (Å²) >= 11 is 0. The highest BCUT2D eigenvalue weighted by atomic mass is 35.5. The number of halogens is 2. The SMILES string of the molecule is COCCCCOc1cc(CN2CCOCC2)ccc1C(=O)NC[C@@H](C[C@H](N)[C@@H](O)C[C@H](C(=O)NCC(C)(C)C(N)=O)C(C)C)C(C)C.Cl.Cl. The number of unbranched alkanes of at least 4 members (excludes halogenated alkanes) is 1. The zero-order chi connectivity index (χ0) is 35.9. The smallest absolute Gasteiger partial charge is 0.255 e. The Bertz CT molecular complexity index is 1150. The first-order valence-corrected chi connectivity index (χ1v) is 17.5. The van der Waals surface area contributed by atoms with E-state index < -0.39 is 29.4 Å². The molecule has 290 valence electrons. The van der Waals surface area contributed by atoms with Crippen LogP contribution in [0.2, 0.25) is 0 Å². The number of aliphatic hydroxyl groups is 1. The third-order valence-corrected chi connectivity index (χ3v) is 9.35. The number of carbonyl (C=O) groups is 3. The van der Waals surface area contributed by atoms with E-state index in [2.05, 4.69) is 29.4 Å². The van der Waals surface area contributed by atoms with Crippen LogP contribution in [0.1, 0.15) is 83.1 Å². The van der Waals surface area contributed by atoms with Crippen LogP contribution in [-0.4, -0.2) is 99.6 Å². The van der Waals surface area contributed by atoms with E-state index in [4.69, 9.17) is 25.7 Å². The first-order valence-electron chi connectivity index (χ1n) is 17.5. The summed E-state index contributed by atoms with van der Waals surface area (Å²) in [6, 6.07) is 5.17. The molecule has 14 heteroatoms. The lowest BCUT2D eigenvalue weighted by atomic mass is 9.83. The van der Waals surface area contributed by atoms with Crippen LogP contribution >= 0.6 is 24.8 Å². The molecule has 0 radical (unpaired) electrons. The first kappa shape index (κ1) is 47.8. The second kappa shape index (κ2) is 24.1. The normalized spacial score (nSPS) is 16.1. The average Bonchev–Trinajstić information content (AvgIpc) is 3.04. The van der Waals surface area contributed by atoms with Gasteiger partial charge in [-0.1, -0.05) is 33.8 Å². The number of nitrogens with one attached hydrogen (secondary N) is 2. The van der Waals surface area contributed by atoms with Gasteiger partial charge in [0.05, 0.1) is 36.9 Å². The summed E-state index contributed by atoms with van der Waals surface area (Å²) in [5, 5.41) is 17.0. The Balaban J connectivity index is 0.0000120. The molecule has 1 aromatic carbocycles. The number of nitrogens with two attached hydrogens (primary N) is 2. The molecule has 1 saturated heterocycles. The van der Waals surface area contributed by atoms with E-state index >= 15 is 0 Å². The number of ether oxygens (including phenoxy) is 3. The van der Waals surface area contributed by atoms with E-state index in [0.717, 1.165) is 38.0 Å². The van der Waals surface area contributed by atoms with Crippen LogP contribution in [0.25, 0.3) is 0 Å². The number of nitrogens with zero attached hydrogens (tertiary/aromatic N) is 1. The molecule has 4 atom stereocenters. The fourth-order valence-electron chi connectivity index (χ4n) is 5.58. The average molecular weight is 751 g/mol. The van der Waals surface area contributed by atoms with Gasteiger partial charge in [-0.3, -0.25) is 19.3 Å². The van der Waals surface area contributed by atoms with Crippen LogP contribution in [0, 0.1) is 29.1 Å². The van der Waals surface area contributed by atoms with Crippen molar-refractivity contribution in [3.63, 3.8) is 0 Å². The number of hydrogen-bond acceptors (Lipinski definition) is 9. The van der Waals surface area contributed by atoms with Crippen LogP contribution in [-0.2, 0) is 25.6 Å². The standard InChI is InChI=1S/C36H63N5O7.2ClH/c1-24(2)27(19-30(37)31(42)20-29(25(3)4)34(44)40-23-36(5,6)35(38)45)21-39-33(43)28-11-10-26(22-41-12-16-47-17-13-41)18-32(28)48-15-9-8-14-46-7;;/h10-11,18,24-25,27,29-31,42H,8-9,12-17,19-23,37H2,1-7H3,(H2,38,45)(H,39,43)(H,40,44);2*1H/t27-,29+,30+,31+;;/m1../s1. The number of benzene rings is 1. The zero-order valence-corrected chi connectivity index (χ0v) is 32.8. The lowest BCUT2D eigenvalue weighted by Crippen LogP contribution is -2.47. The predicted molar refractivity (Wildman–Crippen MR) is 202 cm³/mol. The Labute approximate surface area is 312 Å². The predicted octanol–water partition coefficient (Wildman–Crippen LogP) is 3.54. The van der Waals surface area contributed by atoms with Gasteiger partial charge in [0.1, 0.15) is 5.75 Å². The minimum atomic E-state index is -0.929. The minimum absolute atomic E-state index is 0. The first-order chi connectivity index (χ1) is 22.7. The van der Waals surface area contributed by atoms with Gasteiger partial charge < -0.3 is 41.4 Å². The van der Waals surface area contributed by atoms with Gasteiger partial charge in [-0.2, -0.15) is 0 Å². The van der Waals surface area contributed by atoms with E-state index in [1.165, 1.54) is 0 Å². The molecule has 0 aromatic heterocycles. The third-order valence-electron chi connectivity index (χ3n) is 9.35. The Morgan fingerprint density at radius 1 is 1.00 bits per heavy atom. The highest BCUT2D eigenvalue weighted by Crippen LogP contribution is 2.26. The number of hydrogen-bond donors (Lipinski definition) is 5. The molecule has 0 saturated carbocycles. The fraction of sp³-hybridized carbons (Fsp3) is 0.750. The zero-order valence-electron chi connectivity index (χ0n) is 31.2. The number of morpholine rings is 1. The summed E-state index contributed by atoms with van der Waals surface area (Å²) in [5.74, 6) is -0.801. The monoisotopic (exact) mass is 749 g/mol. The summed E-state index contributed by atoms with van der Waals surface area (Å²) in [6.45, 7) is 16.8. The summed E-state index contributed by atoms with van der Waals surface area (Å²) in [5.41, 5.74) is 12.6. The molecule has 1 aliphatic rings. The van der Waals surface area contributed by atoms with Crippen LogP contribution in [0.5, 0.6) is 5.75 Å². The van der Waals surface area contributed by atoms with Crippen molar-refractivity contribution in [1.82, 2.24) is 15.5 Å². The van der Waals surface area contributed by atoms with E-state index in [1.807, 2.05) is 32.0 Å². The van der Waals surface area contributed by atoms with Crippen molar-refractivity contribution < 1.29 is 33.7 Å². The van der Waals surface area contributed by atoms with Gasteiger partial charge in [-0.05, 0) is 75.0 Å². The lowest BCUT2D eigenvalue weighted by Gasteiger charge is -2.30. The molecule has 50 heavy (non-hydrogen) atoms. The third kappa shape index (κ3) is 16.4. The topological polar surface area (TPSA) is 178 Å². The molecule has 1 aliphatic heterocycles. The maximum absolute atomic E-state index is 13.5. The molecule has 2 rings (SSSR count). The highest BCUT2D eigenvalue weighted by Gasteiger charge is 2.32. The van der Waals surface area contributed by atoms with E-state index in [9.17, 15) is 19.5 Å². The number of rotatable bonds is 22. The number of methoxy groups -OCH3 is 1. The molecule has 0 unspecified atom stereocenters. The van der Waals surface area contributed by atoms with Crippen molar-refractivity contribution >= 4 is 42.5 Å². The molecule has 3 amide bonds. The molecule has 7 N–H and O–H groups in total. The molecule has 1 heterocycles. The van der Waals surface area contributed by atoms with Gasteiger partial charge in [0.2, 0.25) is 11.8 Å². The molecule has 1 fully saturated rings. The summed E-state index contributed by atoms with van der Waals surface area (Å²) < 4.78 is 16.8. The van der Waals surface area contributed by atoms with Gasteiger partial charge in [0.25, 0.3) is 5.91 Å². The largest absolute Gasteiger partial charge is 0.493 e. The number of amides is 3. The van der Waals surface area contributed by atoms with Gasteiger partial charge >= 0.3 is 0 Å². The van der Waals surface area contributed by atoms with Gasteiger partial charge in [0, 0.05) is 58.4 Å². The lowest BCUT2D eigenvalue weighted by molar-refractivity contribution is -0.130. The van der Waals surface area contributed by atoms with E-state index in [0.29, 0.717) is 50.7 Å². The molecule has 1 aromatic rings. The second-order valence-corrected chi connectivity index (χ2v) is 14.5. The number of primary amides is 1. The van der Waals surface area contributed by atoms with Crippen LogP contribution in [0.3, 0.4) is 0 Å². The second-order valence-electron chi connectivity index (χ2n) is 14.5. The maximum Gasteiger partial charge on any atom is 0.255 e. The minimum Gasteiger partial charge on any atom is -0.493 e. The van der Waals surface area contributed by atoms with E-state index in [1.54, 1.807) is 21.0 Å². The molecule has 0 aliphatic carbocycles. The van der Waals surface area contributed by atoms with Gasteiger partial charge in [0.15, 0.2) is 0 Å². The Morgan fingerprint density at radius 3 is 2.22 bits per heavy atom. The Kier molecular flexibility index (Phi) is 23.1. The van der Waals surface area contributed by atoms with Crippen molar-refractivity contribution in [3.05, 3.63) is 29.3 Å². The number of carbonyl (C=O) groups excluding carboxylic acids is 3. The van der Waals surface area contributed by atoms with Crippen molar-refractivity contribution in [2.75, 3.05) is 59.7 Å². The molecular formula is C36H65Cl2N5O7. The summed E-state index contributed by atoms with van der Waals surface area (Å²) in [6.07, 6.45) is 1.39. The van der Waals surface area contributed by atoms with Crippen LogP contribution < -0.4 is 26.8 Å². The van der Waals surface area contributed by atoms with Crippen molar-refractivity contribution in [2.45, 2.75) is 85.9 Å². The maximum atomic E-state index is 13.5. The molecule has 0 bridgehead atoms. The molecular weight excluding hydrogens is 685 g/mol. The van der Waals surface area contributed by atoms with Crippen molar-refractivity contribution in [1.29, 1.82) is 0 Å². The molecule has 0 spiro atoms. The fourth-order valence-corrected chi connectivity index (χ4v) is 5.58. The quantitative estimate of drug-likeness (QED) is 0.111. The van der Waals surface area contributed by atoms with Crippen LogP contribution in [0.15, 0.2) is 18.2 Å². The number of aliphatic hydroxyl groups excluding tert-OH is 1. The summed E-state index contributed by atoms with van der Waals surface area (Å²) in [4.78, 5) is 40.6. The van der Waals surface area contributed by atoms with Gasteiger partial charge in [-0.25, -0.2) is 0 Å². The molecule has 12 nitrogen and oxygen atoms in total. The Hall–Kier alpha value is -2.19.